The van der Waals surface area contributed by atoms with Crippen LogP contribution >= 0.6 is 0 Å². The van der Waals surface area contributed by atoms with Crippen molar-refractivity contribution in [3.05, 3.63) is 48.6 Å². The second kappa shape index (κ2) is 45.5. The normalized spacial score (nSPS) is 19.4. The highest BCUT2D eigenvalue weighted by Gasteiger charge is 2.46. The van der Waals surface area contributed by atoms with Crippen LogP contribution in [0, 0.1) is 0 Å². The predicted molar refractivity (Wildman–Crippen MR) is 279 cm³/mol. The second-order valence-corrected chi connectivity index (χ2v) is 20.8. The van der Waals surface area contributed by atoms with E-state index in [1.165, 1.54) is 148 Å². The minimum Gasteiger partial charge on any atom is -0.462 e. The van der Waals surface area contributed by atoms with E-state index in [-0.39, 0.29) is 19.4 Å². The van der Waals surface area contributed by atoms with Crippen LogP contribution in [0.1, 0.15) is 239 Å². The van der Waals surface area contributed by atoms with Crippen LogP contribution in [0.2, 0.25) is 0 Å². The fourth-order valence-corrected chi connectivity index (χ4v) is 9.07. The molecule has 0 aromatic carbocycles. The number of ether oxygens (including phenoxy) is 4. The van der Waals surface area contributed by atoms with Gasteiger partial charge in [-0.1, -0.05) is 223 Å². The van der Waals surface area contributed by atoms with Gasteiger partial charge >= 0.3 is 11.9 Å². The number of hydrogen-bond acceptors (Lipinski definition) is 11. The summed E-state index contributed by atoms with van der Waals surface area (Å²) in [6.45, 7) is 3.76. The van der Waals surface area contributed by atoms with Gasteiger partial charge in [0.2, 0.25) is 0 Å². The first-order chi connectivity index (χ1) is 33.5. The number of esters is 2. The van der Waals surface area contributed by atoms with Crippen molar-refractivity contribution in [1.29, 1.82) is 0 Å². The van der Waals surface area contributed by atoms with E-state index in [0.29, 0.717) is 19.3 Å². The van der Waals surface area contributed by atoms with Crippen LogP contribution in [0.25, 0.3) is 0 Å². The minimum atomic E-state index is -4.61. The number of hydrogen-bond donors (Lipinski definition) is 4. The van der Waals surface area contributed by atoms with E-state index in [4.69, 9.17) is 18.9 Å². The lowest BCUT2D eigenvalue weighted by atomic mass is 10.00. The zero-order valence-corrected chi connectivity index (χ0v) is 44.2. The topological polar surface area (TPSA) is 186 Å². The third kappa shape index (κ3) is 39.9. The first-order valence-electron chi connectivity index (χ1n) is 27.7. The molecule has 0 aliphatic carbocycles. The molecule has 0 aromatic heterocycles. The molecule has 1 aliphatic rings. The first kappa shape index (κ1) is 64.6. The summed E-state index contributed by atoms with van der Waals surface area (Å²) in [5.41, 5.74) is 0. The van der Waals surface area contributed by atoms with E-state index in [1.54, 1.807) is 0 Å². The Morgan fingerprint density at radius 3 is 1.33 bits per heavy atom. The third-order valence-electron chi connectivity index (χ3n) is 12.7. The quantitative estimate of drug-likeness (QED) is 0.0196. The second-order valence-electron chi connectivity index (χ2n) is 19.3. The number of aliphatic hydroxyl groups is 3. The largest absolute Gasteiger partial charge is 0.462 e. The molecule has 2 unspecified atom stereocenters. The molecule has 1 saturated heterocycles. The number of rotatable bonds is 47. The highest BCUT2D eigenvalue weighted by molar-refractivity contribution is 7.85. The Morgan fingerprint density at radius 2 is 0.884 bits per heavy atom. The number of unbranched alkanes of at least 4 members (excludes halogenated alkanes) is 27. The molecule has 1 rings (SSSR count). The van der Waals surface area contributed by atoms with Gasteiger partial charge in [0.25, 0.3) is 10.1 Å². The van der Waals surface area contributed by atoms with E-state index in [9.17, 15) is 37.9 Å². The van der Waals surface area contributed by atoms with Crippen LogP contribution in [0.4, 0.5) is 0 Å². The van der Waals surface area contributed by atoms with E-state index in [1.807, 2.05) is 12.2 Å². The lowest BCUT2D eigenvalue weighted by molar-refractivity contribution is -0.297. The van der Waals surface area contributed by atoms with E-state index >= 15 is 0 Å². The molecule has 12 nitrogen and oxygen atoms in total. The molecule has 0 bridgehead atoms. The van der Waals surface area contributed by atoms with Gasteiger partial charge in [-0.2, -0.15) is 8.42 Å². The molecule has 0 spiro atoms. The fraction of sp³-hybridized carbons (Fsp3) is 0.821. The van der Waals surface area contributed by atoms with Crippen molar-refractivity contribution >= 4 is 22.1 Å². The molecular formula is C56H100O12S. The van der Waals surface area contributed by atoms with Crippen LogP contribution < -0.4 is 0 Å². The summed E-state index contributed by atoms with van der Waals surface area (Å²) in [6.07, 6.45) is 47.3. The SMILES string of the molecule is CCCCCCCCC/C=C/C/C=C/C/C=C/C/C=C/CCCC(=O)O[C@H](COC(=O)CCCCCCCCCCCCCCCCCCCCCC)CO[C@H]1O[C@H](CS(=O)(=O)O)[C@@H](O)C(O)C1O. The molecule has 1 heterocycles. The number of allylic oxidation sites excluding steroid dienone is 8. The lowest BCUT2D eigenvalue weighted by Gasteiger charge is -2.40. The van der Waals surface area contributed by atoms with Crippen LogP contribution in [-0.4, -0.2) is 96.0 Å². The standard InChI is InChI=1S/C56H100O12S/c1-3-5-7-9-11-13-15-17-19-21-23-25-27-29-31-33-35-37-39-41-43-45-52(58)67-49(47-66-56-55(61)54(60)53(59)50(68-56)48-69(62,63)64)46-65-51(57)44-42-40-38-36-34-32-30-28-26-24-22-20-18-16-14-12-10-8-6-4-2/h19,21,25,27,31,33,37,39,49-50,53-56,59-61H,3-18,20,22-24,26,28-30,32,34-36,38,40-48H2,1-2H3,(H,62,63,64)/b21-19+,27-25+,33-31+,39-37+/t49-,50-,53-,54?,55?,56+/m1/s1. The van der Waals surface area contributed by atoms with E-state index in [2.05, 4.69) is 50.3 Å². The highest BCUT2D eigenvalue weighted by Crippen LogP contribution is 2.24. The zero-order chi connectivity index (χ0) is 50.5. The van der Waals surface area contributed by atoms with Crippen molar-refractivity contribution in [3.8, 4) is 0 Å². The molecule has 4 N–H and O–H groups in total. The number of carbonyl (C=O) groups is 2. The van der Waals surface area contributed by atoms with Gasteiger partial charge in [-0.05, 0) is 51.4 Å². The Kier molecular flexibility index (Phi) is 42.6. The van der Waals surface area contributed by atoms with E-state index < -0.39 is 71.2 Å². The average Bonchev–Trinajstić information content (AvgIpc) is 3.32. The lowest BCUT2D eigenvalue weighted by Crippen LogP contribution is -2.60. The Balaban J connectivity index is 2.38. The van der Waals surface area contributed by atoms with Gasteiger partial charge in [0.05, 0.1) is 6.61 Å². The van der Waals surface area contributed by atoms with Gasteiger partial charge in [-0.15, -0.1) is 0 Å². The summed E-state index contributed by atoms with van der Waals surface area (Å²) < 4.78 is 54.3. The first-order valence-corrected chi connectivity index (χ1v) is 29.3. The Morgan fingerprint density at radius 1 is 0.493 bits per heavy atom. The molecule has 69 heavy (non-hydrogen) atoms. The molecule has 0 amide bonds. The molecule has 13 heteroatoms. The summed E-state index contributed by atoms with van der Waals surface area (Å²) in [6, 6.07) is 0. The number of carbonyl (C=O) groups excluding carboxylic acids is 2. The summed E-state index contributed by atoms with van der Waals surface area (Å²) in [4.78, 5) is 25.6. The molecule has 6 atom stereocenters. The summed E-state index contributed by atoms with van der Waals surface area (Å²) in [5.74, 6) is -2.05. The summed E-state index contributed by atoms with van der Waals surface area (Å²) in [7, 11) is -4.61. The maximum atomic E-state index is 12.9. The molecule has 0 radical (unpaired) electrons. The summed E-state index contributed by atoms with van der Waals surface area (Å²) in [5, 5.41) is 31.0. The Hall–Kier alpha value is -2.39. The van der Waals surface area contributed by atoms with Crippen molar-refractivity contribution < 1.29 is 56.8 Å². The Labute approximate surface area is 420 Å². The van der Waals surface area contributed by atoms with Crippen molar-refractivity contribution in [2.75, 3.05) is 19.0 Å². The molecule has 1 fully saturated rings. The van der Waals surface area contributed by atoms with Crippen molar-refractivity contribution in [2.24, 2.45) is 0 Å². The van der Waals surface area contributed by atoms with Crippen LogP contribution in [0.15, 0.2) is 48.6 Å². The predicted octanol–water partition coefficient (Wildman–Crippen LogP) is 13.1. The van der Waals surface area contributed by atoms with Gasteiger partial charge in [-0.25, -0.2) is 0 Å². The maximum absolute atomic E-state index is 12.9. The van der Waals surface area contributed by atoms with Gasteiger partial charge < -0.3 is 34.3 Å². The van der Waals surface area contributed by atoms with Crippen LogP contribution in [-0.2, 0) is 38.7 Å². The molecule has 1 aliphatic heterocycles. The smallest absolute Gasteiger partial charge is 0.306 e. The van der Waals surface area contributed by atoms with Gasteiger partial charge in [-0.3, -0.25) is 14.1 Å². The van der Waals surface area contributed by atoms with Gasteiger partial charge in [0.1, 0.15) is 36.8 Å². The zero-order valence-electron chi connectivity index (χ0n) is 43.4. The molecular weight excluding hydrogens is 897 g/mol. The maximum Gasteiger partial charge on any atom is 0.306 e. The fourth-order valence-electron chi connectivity index (χ4n) is 8.38. The monoisotopic (exact) mass is 997 g/mol. The highest BCUT2D eigenvalue weighted by atomic mass is 32.2. The van der Waals surface area contributed by atoms with Crippen molar-refractivity contribution in [3.63, 3.8) is 0 Å². The Bertz CT molecular complexity index is 1450. The third-order valence-corrected chi connectivity index (χ3v) is 13.4. The van der Waals surface area contributed by atoms with Crippen molar-refractivity contribution in [2.45, 2.75) is 275 Å². The molecule has 402 valence electrons. The van der Waals surface area contributed by atoms with Crippen molar-refractivity contribution in [1.82, 2.24) is 0 Å². The van der Waals surface area contributed by atoms with Crippen LogP contribution in [0.5, 0.6) is 0 Å². The van der Waals surface area contributed by atoms with Gasteiger partial charge in [0, 0.05) is 12.8 Å². The molecule has 0 saturated carbocycles. The minimum absolute atomic E-state index is 0.0895. The summed E-state index contributed by atoms with van der Waals surface area (Å²) >= 11 is 0. The number of aliphatic hydroxyl groups excluding tert-OH is 3. The molecule has 0 aromatic rings. The van der Waals surface area contributed by atoms with Crippen LogP contribution in [0.3, 0.4) is 0 Å². The van der Waals surface area contributed by atoms with E-state index in [0.717, 1.165) is 44.9 Å². The van der Waals surface area contributed by atoms with Gasteiger partial charge in [0.15, 0.2) is 12.4 Å². The average molecular weight is 997 g/mol.